The minimum Gasteiger partial charge on any atom is -0.469 e. The van der Waals surface area contributed by atoms with Crippen LogP contribution in [0.25, 0.3) is 22.7 Å². The maximum atomic E-state index is 12.3. The Bertz CT molecular complexity index is 1130. The van der Waals surface area contributed by atoms with Crippen LogP contribution in [0.5, 0.6) is 0 Å². The third-order valence-corrected chi connectivity index (χ3v) is 4.92. The summed E-state index contributed by atoms with van der Waals surface area (Å²) in [6, 6.07) is 3.67. The normalized spacial score (nSPS) is 11.4. The molecule has 0 aliphatic rings. The Hall–Kier alpha value is -2.85. The standard InChI is InChI=1S/C22H25ClN4O3/c1-6-7-8-9-10-16-24-18(23)17-20(25-16)27(13-22(3,4)21(28)29-5)19(26-17)15-12-11-14(2)30-15/h11-12H,6-8,13H2,1-5H3. The fraction of sp³-hybridized carbons (Fsp3) is 0.455. The zero-order valence-corrected chi connectivity index (χ0v) is 18.6. The van der Waals surface area contributed by atoms with Crippen molar-refractivity contribution in [3.8, 4) is 23.4 Å². The molecule has 8 heteroatoms. The number of hydrogen-bond acceptors (Lipinski definition) is 6. The van der Waals surface area contributed by atoms with Crippen molar-refractivity contribution in [2.24, 2.45) is 5.41 Å². The van der Waals surface area contributed by atoms with E-state index in [0.29, 0.717) is 28.6 Å². The molecule has 30 heavy (non-hydrogen) atoms. The number of carbonyl (C=O) groups is 1. The van der Waals surface area contributed by atoms with Crippen molar-refractivity contribution in [1.29, 1.82) is 0 Å². The van der Waals surface area contributed by atoms with Gasteiger partial charge in [0.15, 0.2) is 22.4 Å². The van der Waals surface area contributed by atoms with Crippen molar-refractivity contribution >= 4 is 28.7 Å². The lowest BCUT2D eigenvalue weighted by Gasteiger charge is -2.23. The summed E-state index contributed by atoms with van der Waals surface area (Å²) in [6.07, 6.45) is 2.84. The fourth-order valence-corrected chi connectivity index (χ4v) is 3.27. The maximum Gasteiger partial charge on any atom is 0.313 e. The highest BCUT2D eigenvalue weighted by Crippen LogP contribution is 2.32. The third-order valence-electron chi connectivity index (χ3n) is 4.66. The van der Waals surface area contributed by atoms with E-state index in [2.05, 4.69) is 33.7 Å². The van der Waals surface area contributed by atoms with E-state index in [0.717, 1.165) is 25.0 Å². The molecule has 3 aromatic heterocycles. The molecule has 0 aliphatic heterocycles. The number of aryl methyl sites for hydroxylation is 1. The highest BCUT2D eigenvalue weighted by molar-refractivity contribution is 6.33. The number of methoxy groups -OCH3 is 1. The van der Waals surface area contributed by atoms with Gasteiger partial charge in [0, 0.05) is 13.0 Å². The van der Waals surface area contributed by atoms with Crippen LogP contribution in [0.2, 0.25) is 5.15 Å². The number of furan rings is 1. The van der Waals surface area contributed by atoms with Crippen molar-refractivity contribution in [2.45, 2.75) is 53.5 Å². The number of esters is 1. The Kier molecular flexibility index (Phi) is 6.47. The average Bonchev–Trinajstić information content (AvgIpc) is 3.28. The molecule has 0 amide bonds. The highest BCUT2D eigenvalue weighted by Gasteiger charge is 2.32. The van der Waals surface area contributed by atoms with Crippen molar-refractivity contribution in [3.05, 3.63) is 28.9 Å². The number of fused-ring (bicyclic) bond motifs is 1. The van der Waals surface area contributed by atoms with Gasteiger partial charge in [-0.2, -0.15) is 0 Å². The van der Waals surface area contributed by atoms with E-state index in [1.54, 1.807) is 13.8 Å². The molecule has 0 N–H and O–H groups in total. The molecular weight excluding hydrogens is 404 g/mol. The van der Waals surface area contributed by atoms with Gasteiger partial charge in [0.1, 0.15) is 11.3 Å². The molecule has 0 bridgehead atoms. The predicted molar refractivity (Wildman–Crippen MR) is 115 cm³/mol. The summed E-state index contributed by atoms with van der Waals surface area (Å²) in [5.41, 5.74) is 0.0969. The quantitative estimate of drug-likeness (QED) is 0.243. The van der Waals surface area contributed by atoms with Crippen molar-refractivity contribution in [3.63, 3.8) is 0 Å². The zero-order chi connectivity index (χ0) is 21.9. The number of aromatic nitrogens is 4. The lowest BCUT2D eigenvalue weighted by Crippen LogP contribution is -2.31. The van der Waals surface area contributed by atoms with Gasteiger partial charge >= 0.3 is 5.97 Å². The fourth-order valence-electron chi connectivity index (χ4n) is 3.06. The summed E-state index contributed by atoms with van der Waals surface area (Å²) in [5.74, 6) is 7.85. The van der Waals surface area contributed by atoms with Crippen LogP contribution in [0, 0.1) is 24.2 Å². The molecule has 0 radical (unpaired) electrons. The van der Waals surface area contributed by atoms with Crippen molar-refractivity contribution in [2.75, 3.05) is 7.11 Å². The molecule has 3 rings (SSSR count). The van der Waals surface area contributed by atoms with E-state index in [-0.39, 0.29) is 17.7 Å². The van der Waals surface area contributed by atoms with Crippen LogP contribution >= 0.6 is 11.6 Å². The van der Waals surface area contributed by atoms with Gasteiger partial charge in [-0.3, -0.25) is 4.79 Å². The second kappa shape index (κ2) is 8.88. The number of unbranched alkanes of at least 4 members (excludes halogenated alkanes) is 2. The van der Waals surface area contributed by atoms with E-state index >= 15 is 0 Å². The van der Waals surface area contributed by atoms with Gasteiger partial charge in [0.05, 0.1) is 12.5 Å². The van der Waals surface area contributed by atoms with Crippen molar-refractivity contribution < 1.29 is 13.9 Å². The van der Waals surface area contributed by atoms with Crippen LogP contribution in [-0.2, 0) is 16.1 Å². The van der Waals surface area contributed by atoms with Gasteiger partial charge in [-0.25, -0.2) is 15.0 Å². The van der Waals surface area contributed by atoms with E-state index in [9.17, 15) is 4.79 Å². The molecule has 3 heterocycles. The largest absolute Gasteiger partial charge is 0.469 e. The summed E-state index contributed by atoms with van der Waals surface area (Å²) in [4.78, 5) is 25.8. The SMILES string of the molecule is CCCCC#Cc1nc(Cl)c2nc(-c3ccc(C)o3)n(CC(C)(C)C(=O)OC)c2n1. The summed E-state index contributed by atoms with van der Waals surface area (Å²) in [6.45, 7) is 7.83. The summed E-state index contributed by atoms with van der Waals surface area (Å²) < 4.78 is 12.6. The molecule has 7 nitrogen and oxygen atoms in total. The Morgan fingerprint density at radius 2 is 2.07 bits per heavy atom. The van der Waals surface area contributed by atoms with Crippen LogP contribution < -0.4 is 0 Å². The first-order chi connectivity index (χ1) is 14.3. The molecule has 0 atom stereocenters. The maximum absolute atomic E-state index is 12.3. The van der Waals surface area contributed by atoms with Gasteiger partial charge in [0.2, 0.25) is 5.82 Å². The van der Waals surface area contributed by atoms with E-state index in [4.69, 9.17) is 20.8 Å². The summed E-state index contributed by atoms with van der Waals surface area (Å²) in [7, 11) is 1.37. The summed E-state index contributed by atoms with van der Waals surface area (Å²) >= 11 is 6.42. The lowest BCUT2D eigenvalue weighted by atomic mass is 9.93. The number of nitrogens with zero attached hydrogens (tertiary/aromatic N) is 4. The molecule has 0 saturated carbocycles. The Morgan fingerprint density at radius 1 is 1.30 bits per heavy atom. The number of imidazole rings is 1. The number of ether oxygens (including phenoxy) is 1. The Labute approximate surface area is 180 Å². The van der Waals surface area contributed by atoms with Gasteiger partial charge in [-0.15, -0.1) is 0 Å². The molecule has 0 unspecified atom stereocenters. The third kappa shape index (κ3) is 4.49. The van der Waals surface area contributed by atoms with E-state index in [1.165, 1.54) is 7.11 Å². The minimum absolute atomic E-state index is 0.207. The molecular formula is C22H25ClN4O3. The number of carbonyl (C=O) groups excluding carboxylic acids is 1. The number of hydrogen-bond donors (Lipinski definition) is 0. The molecule has 158 valence electrons. The second-order valence-electron chi connectivity index (χ2n) is 7.72. The first-order valence-corrected chi connectivity index (χ1v) is 10.2. The molecule has 0 aliphatic carbocycles. The number of rotatable bonds is 6. The number of halogens is 1. The van der Waals surface area contributed by atoms with Gasteiger partial charge in [0.25, 0.3) is 0 Å². The van der Waals surface area contributed by atoms with Gasteiger partial charge in [-0.1, -0.05) is 30.9 Å². The first-order valence-electron chi connectivity index (χ1n) is 9.84. The van der Waals surface area contributed by atoms with Crippen LogP contribution in [0.4, 0.5) is 0 Å². The first kappa shape index (κ1) is 21.8. The van der Waals surface area contributed by atoms with Gasteiger partial charge < -0.3 is 13.7 Å². The average molecular weight is 429 g/mol. The van der Waals surface area contributed by atoms with Crippen molar-refractivity contribution in [1.82, 2.24) is 19.5 Å². The topological polar surface area (TPSA) is 83.0 Å². The minimum atomic E-state index is -0.830. The molecule has 0 saturated heterocycles. The van der Waals surface area contributed by atoms with E-state index in [1.807, 2.05) is 23.6 Å². The van der Waals surface area contributed by atoms with Gasteiger partial charge in [-0.05, 0) is 45.2 Å². The molecule has 3 aromatic rings. The molecule has 0 fully saturated rings. The smallest absolute Gasteiger partial charge is 0.313 e. The Balaban J connectivity index is 2.18. The zero-order valence-electron chi connectivity index (χ0n) is 17.9. The van der Waals surface area contributed by atoms with E-state index < -0.39 is 5.41 Å². The highest BCUT2D eigenvalue weighted by atomic mass is 35.5. The van der Waals surface area contributed by atoms with Crippen LogP contribution in [0.15, 0.2) is 16.5 Å². The molecule has 0 spiro atoms. The predicted octanol–water partition coefficient (Wildman–Crippen LogP) is 4.79. The lowest BCUT2D eigenvalue weighted by molar-refractivity contribution is -0.151. The monoisotopic (exact) mass is 428 g/mol. The van der Waals surface area contributed by atoms with Crippen LogP contribution in [0.1, 0.15) is 51.6 Å². The van der Waals surface area contributed by atoms with Crippen LogP contribution in [-0.4, -0.2) is 32.6 Å². The Morgan fingerprint density at radius 3 is 2.70 bits per heavy atom. The summed E-state index contributed by atoms with van der Waals surface area (Å²) in [5, 5.41) is 0.207. The van der Waals surface area contributed by atoms with Crippen LogP contribution in [0.3, 0.4) is 0 Å². The molecule has 0 aromatic carbocycles. The second-order valence-corrected chi connectivity index (χ2v) is 8.08.